The molecule has 0 aliphatic heterocycles. The third kappa shape index (κ3) is 5.50. The van der Waals surface area contributed by atoms with E-state index in [0.29, 0.717) is 23.5 Å². The lowest BCUT2D eigenvalue weighted by Crippen LogP contribution is -2.44. The maximum absolute atomic E-state index is 14.7. The molecule has 0 aliphatic rings. The smallest absolute Gasteiger partial charge is 0.404 e. The first-order valence-corrected chi connectivity index (χ1v) is 10.1. The number of rotatable bonds is 9. The number of amides is 2. The van der Waals surface area contributed by atoms with Gasteiger partial charge in [0.05, 0.1) is 41.6 Å². The highest BCUT2D eigenvalue weighted by Gasteiger charge is 2.22. The van der Waals surface area contributed by atoms with E-state index in [1.807, 2.05) is 0 Å². The van der Waals surface area contributed by atoms with Crippen LogP contribution in [0.15, 0.2) is 30.7 Å². The number of primary amides is 1. The molecule has 33 heavy (non-hydrogen) atoms. The fraction of sp³-hybridized carbons (Fsp3) is 0.300. The van der Waals surface area contributed by atoms with E-state index in [-0.39, 0.29) is 17.2 Å². The van der Waals surface area contributed by atoms with Crippen LogP contribution in [0.1, 0.15) is 36.3 Å². The summed E-state index contributed by atoms with van der Waals surface area (Å²) in [4.78, 5) is 32.8. The van der Waals surface area contributed by atoms with Gasteiger partial charge >= 0.3 is 6.09 Å². The van der Waals surface area contributed by atoms with Gasteiger partial charge in [-0.2, -0.15) is 10.2 Å². The van der Waals surface area contributed by atoms with Gasteiger partial charge in [0.1, 0.15) is 11.5 Å². The molecule has 0 saturated heterocycles. The number of halogens is 1. The van der Waals surface area contributed by atoms with E-state index >= 15 is 0 Å². The average Bonchev–Trinajstić information content (AvgIpc) is 3.29. The summed E-state index contributed by atoms with van der Waals surface area (Å²) in [7, 11) is 0. The first-order chi connectivity index (χ1) is 15.7. The lowest BCUT2D eigenvalue weighted by atomic mass is 10.1. The summed E-state index contributed by atoms with van der Waals surface area (Å²) < 4.78 is 14.7. The van der Waals surface area contributed by atoms with E-state index in [4.69, 9.17) is 10.8 Å². The second kappa shape index (κ2) is 9.89. The molecule has 0 radical (unpaired) electrons. The second-order valence-corrected chi connectivity index (χ2v) is 7.25. The van der Waals surface area contributed by atoms with Gasteiger partial charge in [0.25, 0.3) is 5.91 Å². The van der Waals surface area contributed by atoms with Crippen molar-refractivity contribution in [3.8, 4) is 5.69 Å². The quantitative estimate of drug-likeness (QED) is 0.323. The Balaban J connectivity index is 1.94. The average molecular weight is 457 g/mol. The van der Waals surface area contributed by atoms with Crippen LogP contribution in [0.5, 0.6) is 0 Å². The fourth-order valence-corrected chi connectivity index (χ4v) is 3.20. The van der Waals surface area contributed by atoms with Gasteiger partial charge in [-0.05, 0) is 32.4 Å². The molecular weight excluding hydrogens is 433 g/mol. The monoisotopic (exact) mass is 457 g/mol. The standard InChI is InChI=1S/C20H24FN9O3/c1-4-15(28-20(32)33)10(2)26-19-14(21)8-13(17(22)31)18(29-19)27-12-7-16(11(3)23-9-12)30-24-5-6-25-30/h5-10,15,28H,4H2,1-3H3,(H2,22,31)(H,32,33)(H2,26,27,29)/t10-,15+/m1/s1. The second-order valence-electron chi connectivity index (χ2n) is 7.25. The van der Waals surface area contributed by atoms with Crippen molar-refractivity contribution < 1.29 is 19.1 Å². The number of anilines is 3. The molecule has 6 N–H and O–H groups in total. The maximum atomic E-state index is 14.7. The van der Waals surface area contributed by atoms with Gasteiger partial charge in [-0.3, -0.25) is 9.78 Å². The Kier molecular flexibility index (Phi) is 7.00. The molecule has 3 aromatic heterocycles. The van der Waals surface area contributed by atoms with Crippen LogP contribution in [0, 0.1) is 12.7 Å². The third-order valence-electron chi connectivity index (χ3n) is 4.92. The minimum atomic E-state index is -1.19. The number of carboxylic acid groups (broad SMARTS) is 1. The summed E-state index contributed by atoms with van der Waals surface area (Å²) in [6.45, 7) is 5.27. The van der Waals surface area contributed by atoms with Crippen LogP contribution in [-0.2, 0) is 0 Å². The van der Waals surface area contributed by atoms with Crippen LogP contribution >= 0.6 is 0 Å². The zero-order valence-corrected chi connectivity index (χ0v) is 18.2. The summed E-state index contributed by atoms with van der Waals surface area (Å²) in [5, 5.41) is 25.3. The van der Waals surface area contributed by atoms with Crippen molar-refractivity contribution in [3.05, 3.63) is 47.8 Å². The minimum Gasteiger partial charge on any atom is -0.465 e. The molecule has 3 aromatic rings. The zero-order valence-electron chi connectivity index (χ0n) is 18.2. The van der Waals surface area contributed by atoms with E-state index in [1.165, 1.54) is 23.4 Å². The van der Waals surface area contributed by atoms with Crippen LogP contribution in [0.2, 0.25) is 0 Å². The van der Waals surface area contributed by atoms with Crippen LogP contribution in [0.4, 0.5) is 26.5 Å². The van der Waals surface area contributed by atoms with E-state index in [1.54, 1.807) is 26.8 Å². The van der Waals surface area contributed by atoms with E-state index < -0.39 is 29.9 Å². The van der Waals surface area contributed by atoms with Gasteiger partial charge in [-0.15, -0.1) is 4.80 Å². The van der Waals surface area contributed by atoms with E-state index in [9.17, 15) is 14.0 Å². The Morgan fingerprint density at radius 1 is 1.24 bits per heavy atom. The Hall–Kier alpha value is -4.29. The molecular formula is C20H24FN9O3. The Morgan fingerprint density at radius 2 is 1.94 bits per heavy atom. The number of nitrogens with zero attached hydrogens (tertiary/aromatic N) is 5. The lowest BCUT2D eigenvalue weighted by molar-refractivity contribution is 0.100. The summed E-state index contributed by atoms with van der Waals surface area (Å²) in [6, 6.07) is 1.66. The first-order valence-electron chi connectivity index (χ1n) is 10.1. The molecule has 3 heterocycles. The van der Waals surface area contributed by atoms with Gasteiger partial charge in [0.2, 0.25) is 0 Å². The topological polar surface area (TPSA) is 173 Å². The van der Waals surface area contributed by atoms with Crippen LogP contribution in [0.25, 0.3) is 5.69 Å². The van der Waals surface area contributed by atoms with Crippen molar-refractivity contribution in [2.45, 2.75) is 39.3 Å². The van der Waals surface area contributed by atoms with Crippen molar-refractivity contribution in [3.63, 3.8) is 0 Å². The highest BCUT2D eigenvalue weighted by Crippen LogP contribution is 2.25. The molecule has 12 nitrogen and oxygen atoms in total. The largest absolute Gasteiger partial charge is 0.465 e. The molecule has 3 rings (SSSR count). The van der Waals surface area contributed by atoms with Crippen molar-refractivity contribution in [1.29, 1.82) is 0 Å². The molecule has 2 amide bonds. The third-order valence-corrected chi connectivity index (χ3v) is 4.92. The SMILES string of the molecule is CC[C@H](NC(=O)O)[C@@H](C)Nc1nc(Nc2cnc(C)c(-n3nccn3)c2)c(C(N)=O)cc1F. The normalized spacial score (nSPS) is 12.6. The number of carbonyl (C=O) groups is 2. The van der Waals surface area contributed by atoms with Crippen molar-refractivity contribution in [2.75, 3.05) is 10.6 Å². The van der Waals surface area contributed by atoms with Crippen molar-refractivity contribution in [2.24, 2.45) is 5.73 Å². The number of nitrogens with one attached hydrogen (secondary N) is 3. The number of hydrogen-bond donors (Lipinski definition) is 5. The zero-order chi connectivity index (χ0) is 24.1. The molecule has 0 bridgehead atoms. The number of aryl methyl sites for hydroxylation is 1. The number of carbonyl (C=O) groups excluding carboxylic acids is 1. The van der Waals surface area contributed by atoms with Crippen molar-refractivity contribution >= 4 is 29.3 Å². The summed E-state index contributed by atoms with van der Waals surface area (Å²) >= 11 is 0. The van der Waals surface area contributed by atoms with Crippen molar-refractivity contribution in [1.82, 2.24) is 30.3 Å². The molecule has 0 aliphatic carbocycles. The van der Waals surface area contributed by atoms with Gasteiger partial charge < -0.3 is 26.8 Å². The molecule has 0 unspecified atom stereocenters. The molecule has 174 valence electrons. The number of aromatic nitrogens is 5. The summed E-state index contributed by atoms with van der Waals surface area (Å²) in [5.74, 6) is -1.86. The van der Waals surface area contributed by atoms with Crippen LogP contribution in [-0.4, -0.2) is 54.2 Å². The molecule has 2 atom stereocenters. The molecule has 0 saturated carbocycles. The summed E-state index contributed by atoms with van der Waals surface area (Å²) in [5.41, 5.74) is 6.94. The number of pyridine rings is 2. The van der Waals surface area contributed by atoms with E-state index in [0.717, 1.165) is 6.07 Å². The number of nitrogens with two attached hydrogens (primary N) is 1. The van der Waals surface area contributed by atoms with Gasteiger partial charge in [-0.1, -0.05) is 6.92 Å². The minimum absolute atomic E-state index is 0.00266. The fourth-order valence-electron chi connectivity index (χ4n) is 3.20. The maximum Gasteiger partial charge on any atom is 0.404 e. The van der Waals surface area contributed by atoms with Gasteiger partial charge in [0.15, 0.2) is 11.6 Å². The molecule has 0 spiro atoms. The first kappa shape index (κ1) is 23.4. The lowest BCUT2D eigenvalue weighted by Gasteiger charge is -2.24. The van der Waals surface area contributed by atoms with Crippen LogP contribution < -0.4 is 21.7 Å². The molecule has 0 fully saturated rings. The Bertz CT molecular complexity index is 1150. The molecule has 13 heteroatoms. The Labute approximate surface area is 188 Å². The predicted octanol–water partition coefficient (Wildman–Crippen LogP) is 2.19. The predicted molar refractivity (Wildman–Crippen MR) is 118 cm³/mol. The number of hydrogen-bond acceptors (Lipinski definition) is 8. The van der Waals surface area contributed by atoms with Crippen LogP contribution in [0.3, 0.4) is 0 Å². The summed E-state index contributed by atoms with van der Waals surface area (Å²) in [6.07, 6.45) is 3.83. The van der Waals surface area contributed by atoms with E-state index in [2.05, 4.69) is 36.1 Å². The Morgan fingerprint density at radius 3 is 2.55 bits per heavy atom. The highest BCUT2D eigenvalue weighted by molar-refractivity contribution is 5.98. The molecule has 0 aromatic carbocycles. The van der Waals surface area contributed by atoms with Gasteiger partial charge in [0, 0.05) is 6.04 Å². The highest BCUT2D eigenvalue weighted by atomic mass is 19.1. The van der Waals surface area contributed by atoms with Gasteiger partial charge in [-0.25, -0.2) is 14.2 Å².